The van der Waals surface area contributed by atoms with Crippen LogP contribution in [0, 0.1) is 23.0 Å². The number of allylic oxidation sites excluding steroid dienone is 4. The van der Waals surface area contributed by atoms with Crippen LogP contribution in [0.1, 0.15) is 6.92 Å². The molecule has 0 bridgehead atoms. The lowest BCUT2D eigenvalue weighted by Crippen LogP contribution is -2.29. The van der Waals surface area contributed by atoms with Gasteiger partial charge in [-0.2, -0.15) is 5.26 Å². The molecule has 1 heterocycles. The minimum absolute atomic E-state index is 0.0200. The monoisotopic (exact) mass is 384 g/mol. The second-order valence-corrected chi connectivity index (χ2v) is 6.13. The number of hydrogen-bond donors (Lipinski definition) is 1. The zero-order chi connectivity index (χ0) is 19.4. The number of hydrogen-bond acceptors (Lipinski definition) is 4. The summed E-state index contributed by atoms with van der Waals surface area (Å²) in [4.78, 5) is 17.0. The van der Waals surface area contributed by atoms with Gasteiger partial charge in [-0.15, -0.1) is 0 Å². The Hall–Kier alpha value is -2.93. The summed E-state index contributed by atoms with van der Waals surface area (Å²) in [7, 11) is 1.31. The predicted molar refractivity (Wildman–Crippen MR) is 89.8 cm³/mol. The maximum absolute atomic E-state index is 13.7. The molecule has 0 aliphatic rings. The van der Waals surface area contributed by atoms with E-state index in [-0.39, 0.29) is 21.0 Å². The van der Waals surface area contributed by atoms with Crippen LogP contribution in [-0.2, 0) is 0 Å². The molecule has 0 spiro atoms. The SMILES string of the molecule is C/C(=C\C(F)=C(\C#N)CF)N(C)C(=O)Nc1nc2c(F)cc(F)cc2s1. The van der Waals surface area contributed by atoms with Crippen LogP contribution in [0.2, 0.25) is 0 Å². The lowest BCUT2D eigenvalue weighted by molar-refractivity contribution is 0.232. The molecule has 10 heteroatoms. The molecule has 0 fully saturated rings. The van der Waals surface area contributed by atoms with E-state index in [1.165, 1.54) is 20.0 Å². The number of nitriles is 1. The summed E-state index contributed by atoms with van der Waals surface area (Å²) in [5.41, 5.74) is -0.696. The van der Waals surface area contributed by atoms with Crippen LogP contribution >= 0.6 is 11.3 Å². The van der Waals surface area contributed by atoms with Gasteiger partial charge in [0.15, 0.2) is 10.9 Å². The minimum atomic E-state index is -1.27. The van der Waals surface area contributed by atoms with E-state index in [4.69, 9.17) is 5.26 Å². The number of nitrogens with zero attached hydrogens (tertiary/aromatic N) is 3. The Morgan fingerprint density at radius 1 is 1.46 bits per heavy atom. The molecule has 1 aromatic heterocycles. The lowest BCUT2D eigenvalue weighted by atomic mass is 10.2. The van der Waals surface area contributed by atoms with Crippen molar-refractivity contribution in [3.63, 3.8) is 0 Å². The highest BCUT2D eigenvalue weighted by Gasteiger charge is 2.16. The first-order chi connectivity index (χ1) is 12.3. The molecule has 2 aromatic rings. The fraction of sp³-hybridized carbons (Fsp3) is 0.188. The molecule has 1 aromatic carbocycles. The number of thiazole rings is 1. The summed E-state index contributed by atoms with van der Waals surface area (Å²) < 4.78 is 53.2. The molecular weight excluding hydrogens is 372 g/mol. The smallest absolute Gasteiger partial charge is 0.301 e. The fourth-order valence-corrected chi connectivity index (χ4v) is 2.76. The van der Waals surface area contributed by atoms with E-state index in [1.54, 1.807) is 0 Å². The fourth-order valence-electron chi connectivity index (χ4n) is 1.86. The summed E-state index contributed by atoms with van der Waals surface area (Å²) >= 11 is 0.864. The number of fused-ring (bicyclic) bond motifs is 1. The number of anilines is 1. The first kappa shape index (κ1) is 19.4. The van der Waals surface area contributed by atoms with E-state index in [9.17, 15) is 22.4 Å². The Balaban J connectivity index is 2.20. The first-order valence-electron chi connectivity index (χ1n) is 7.10. The Bertz CT molecular complexity index is 961. The average Bonchev–Trinajstić information content (AvgIpc) is 2.97. The molecule has 1 N–H and O–H groups in total. The van der Waals surface area contributed by atoms with E-state index in [1.807, 2.05) is 0 Å². The Kier molecular flexibility index (Phi) is 5.94. The van der Waals surface area contributed by atoms with Gasteiger partial charge >= 0.3 is 6.03 Å². The number of alkyl halides is 1. The van der Waals surface area contributed by atoms with Gasteiger partial charge in [-0.05, 0) is 19.1 Å². The third-order valence-corrected chi connectivity index (χ3v) is 4.27. The van der Waals surface area contributed by atoms with Crippen LogP contribution in [0.5, 0.6) is 0 Å². The maximum Gasteiger partial charge on any atom is 0.327 e. The molecule has 0 unspecified atom stereocenters. The molecule has 0 aliphatic heterocycles. The molecule has 0 saturated heterocycles. The van der Waals surface area contributed by atoms with Gasteiger partial charge in [0.1, 0.15) is 29.9 Å². The molecule has 2 amide bonds. The van der Waals surface area contributed by atoms with Crippen molar-refractivity contribution in [3.05, 3.63) is 46.9 Å². The number of urea groups is 1. The van der Waals surface area contributed by atoms with Crippen molar-refractivity contribution >= 4 is 32.7 Å². The van der Waals surface area contributed by atoms with Crippen LogP contribution in [0.3, 0.4) is 0 Å². The van der Waals surface area contributed by atoms with Crippen molar-refractivity contribution in [2.75, 3.05) is 19.0 Å². The molecule has 0 aliphatic carbocycles. The van der Waals surface area contributed by atoms with Crippen molar-refractivity contribution in [1.29, 1.82) is 5.26 Å². The molecule has 2 rings (SSSR count). The summed E-state index contributed by atoms with van der Waals surface area (Å²) in [5, 5.41) is 11.0. The zero-order valence-corrected chi connectivity index (χ0v) is 14.4. The van der Waals surface area contributed by atoms with Gasteiger partial charge in [-0.3, -0.25) is 5.32 Å². The summed E-state index contributed by atoms with van der Waals surface area (Å²) in [6, 6.07) is 2.41. The van der Waals surface area contributed by atoms with Crippen LogP contribution < -0.4 is 5.32 Å². The first-order valence-corrected chi connectivity index (χ1v) is 7.91. The topological polar surface area (TPSA) is 69.0 Å². The van der Waals surface area contributed by atoms with Crippen LogP contribution in [0.25, 0.3) is 10.2 Å². The van der Waals surface area contributed by atoms with E-state index in [2.05, 4.69) is 10.3 Å². The average molecular weight is 384 g/mol. The second-order valence-electron chi connectivity index (χ2n) is 5.10. The molecule has 26 heavy (non-hydrogen) atoms. The van der Waals surface area contributed by atoms with Crippen LogP contribution in [0.15, 0.2) is 35.3 Å². The summed E-state index contributed by atoms with van der Waals surface area (Å²) in [6.07, 6.45) is 0.838. The second kappa shape index (κ2) is 7.97. The standard InChI is InChI=1S/C16H12F4N4OS/c1-8(3-11(19)9(6-17)7-21)24(2)16(25)23-15-22-14-12(20)4-10(18)5-13(14)26-15/h3-5H,6H2,1-2H3,(H,22,23,25)/b8-3+,11-9-. The van der Waals surface area contributed by atoms with Crippen molar-refractivity contribution in [2.24, 2.45) is 0 Å². The number of benzene rings is 1. The lowest BCUT2D eigenvalue weighted by Gasteiger charge is -2.17. The highest BCUT2D eigenvalue weighted by Crippen LogP contribution is 2.29. The van der Waals surface area contributed by atoms with Gasteiger partial charge in [0.2, 0.25) is 0 Å². The normalized spacial score (nSPS) is 12.6. The van der Waals surface area contributed by atoms with Gasteiger partial charge < -0.3 is 4.90 Å². The van der Waals surface area contributed by atoms with Gasteiger partial charge in [0.25, 0.3) is 0 Å². The molecule has 0 saturated carbocycles. The van der Waals surface area contributed by atoms with Gasteiger partial charge in [0.05, 0.1) is 10.3 Å². The van der Waals surface area contributed by atoms with Gasteiger partial charge in [-0.25, -0.2) is 27.3 Å². The third kappa shape index (κ3) is 4.18. The highest BCUT2D eigenvalue weighted by molar-refractivity contribution is 7.22. The largest absolute Gasteiger partial charge is 0.327 e. The van der Waals surface area contributed by atoms with Crippen molar-refractivity contribution in [3.8, 4) is 6.07 Å². The van der Waals surface area contributed by atoms with Crippen molar-refractivity contribution in [2.45, 2.75) is 6.92 Å². The Morgan fingerprint density at radius 3 is 2.77 bits per heavy atom. The van der Waals surface area contributed by atoms with Crippen molar-refractivity contribution < 1.29 is 22.4 Å². The molecule has 136 valence electrons. The maximum atomic E-state index is 13.7. The highest BCUT2D eigenvalue weighted by atomic mass is 32.1. The van der Waals surface area contributed by atoms with E-state index >= 15 is 0 Å². The summed E-state index contributed by atoms with van der Waals surface area (Å²) in [5.74, 6) is -2.72. The Morgan fingerprint density at radius 2 is 2.15 bits per heavy atom. The number of aromatic nitrogens is 1. The molecule has 5 nitrogen and oxygen atoms in total. The van der Waals surface area contributed by atoms with E-state index in [0.29, 0.717) is 6.07 Å². The predicted octanol–water partition coefficient (Wildman–Crippen LogP) is 4.66. The van der Waals surface area contributed by atoms with E-state index in [0.717, 1.165) is 28.4 Å². The Labute approximate surface area is 149 Å². The zero-order valence-electron chi connectivity index (χ0n) is 13.6. The van der Waals surface area contributed by atoms with Crippen LogP contribution in [-0.4, -0.2) is 29.6 Å². The number of nitrogens with one attached hydrogen (secondary N) is 1. The number of amides is 2. The molecular formula is C16H12F4N4OS. The van der Waals surface area contributed by atoms with Gasteiger partial charge in [-0.1, -0.05) is 11.3 Å². The number of halogens is 4. The minimum Gasteiger partial charge on any atom is -0.301 e. The molecule has 0 atom stereocenters. The number of carbonyl (C=O) groups excluding carboxylic acids is 1. The van der Waals surface area contributed by atoms with Crippen molar-refractivity contribution in [1.82, 2.24) is 9.88 Å². The van der Waals surface area contributed by atoms with Crippen LogP contribution in [0.4, 0.5) is 27.5 Å². The number of rotatable bonds is 4. The number of carbonyl (C=O) groups is 1. The third-order valence-electron chi connectivity index (χ3n) is 3.35. The quantitative estimate of drug-likeness (QED) is 0.474. The van der Waals surface area contributed by atoms with Gasteiger partial charge in [0, 0.05) is 18.8 Å². The molecule has 0 radical (unpaired) electrons. The van der Waals surface area contributed by atoms with E-state index < -0.39 is 35.7 Å². The summed E-state index contributed by atoms with van der Waals surface area (Å²) in [6.45, 7) is 0.107.